The number of carbonyl (C=O) groups is 2. The summed E-state index contributed by atoms with van der Waals surface area (Å²) in [5, 5.41) is 17.5. The highest BCUT2D eigenvalue weighted by Gasteiger charge is 2.32. The third kappa shape index (κ3) is 4.00. The smallest absolute Gasteiger partial charge is 0.256 e. The van der Waals surface area contributed by atoms with E-state index in [0.717, 1.165) is 6.42 Å². The van der Waals surface area contributed by atoms with E-state index >= 15 is 0 Å². The number of likely N-dealkylation sites (tertiary alicyclic amines) is 1. The average molecular weight is 416 g/mol. The lowest BCUT2D eigenvalue weighted by Crippen LogP contribution is -2.49. The molecule has 1 fully saturated rings. The maximum Gasteiger partial charge on any atom is 0.256 e. The van der Waals surface area contributed by atoms with E-state index in [2.05, 4.69) is 15.2 Å². The maximum absolute atomic E-state index is 13.4. The number of benzene rings is 1. The summed E-state index contributed by atoms with van der Waals surface area (Å²) in [6.45, 7) is 2.33. The normalized spacial score (nSPS) is 18.3. The van der Waals surface area contributed by atoms with Crippen LogP contribution in [0.25, 0.3) is 5.69 Å². The standard InChI is InChI=1S/C22H20N6O3/c1-15-6-7-17(31-21-19(14-29)16(12-23)8-9-24-21)13-27(15)22(30)18-4-2-3-5-20(18)28-25-10-11-26-28/h2-5,8-11,14-15,17H,6-7,13H2,1H3/t15-,17-/m1/s1. The minimum absolute atomic E-state index is 0.00919. The lowest BCUT2D eigenvalue weighted by molar-refractivity contribution is 0.0370. The summed E-state index contributed by atoms with van der Waals surface area (Å²) in [5.74, 6) is -0.0369. The van der Waals surface area contributed by atoms with Gasteiger partial charge >= 0.3 is 0 Å². The number of para-hydroxylation sites is 1. The summed E-state index contributed by atoms with van der Waals surface area (Å²) in [4.78, 5) is 32.2. The number of carbonyl (C=O) groups excluding carboxylic acids is 2. The molecule has 0 aliphatic carbocycles. The van der Waals surface area contributed by atoms with Gasteiger partial charge in [-0.25, -0.2) is 4.98 Å². The molecule has 0 spiro atoms. The van der Waals surface area contributed by atoms with Crippen LogP contribution in [0, 0.1) is 11.3 Å². The Bertz CT molecular complexity index is 1140. The van der Waals surface area contributed by atoms with Gasteiger partial charge in [0.25, 0.3) is 5.91 Å². The van der Waals surface area contributed by atoms with Gasteiger partial charge in [-0.1, -0.05) is 12.1 Å². The van der Waals surface area contributed by atoms with Crippen molar-refractivity contribution in [3.63, 3.8) is 0 Å². The molecular formula is C22H20N6O3. The van der Waals surface area contributed by atoms with Crippen molar-refractivity contribution in [2.75, 3.05) is 6.54 Å². The van der Waals surface area contributed by atoms with Gasteiger partial charge in [-0.2, -0.15) is 20.3 Å². The second kappa shape index (κ2) is 8.75. The first-order chi connectivity index (χ1) is 15.1. The first-order valence-corrected chi connectivity index (χ1v) is 9.90. The molecule has 9 heteroatoms. The third-order valence-electron chi connectivity index (χ3n) is 5.34. The summed E-state index contributed by atoms with van der Waals surface area (Å²) >= 11 is 0. The Morgan fingerprint density at radius 3 is 2.71 bits per heavy atom. The molecular weight excluding hydrogens is 396 g/mol. The van der Waals surface area contributed by atoms with Crippen LogP contribution in [0.3, 0.4) is 0 Å². The molecule has 1 amide bonds. The molecule has 1 aliphatic heterocycles. The summed E-state index contributed by atoms with van der Waals surface area (Å²) < 4.78 is 5.97. The molecule has 156 valence electrons. The number of amides is 1. The van der Waals surface area contributed by atoms with Gasteiger partial charge in [-0.15, -0.1) is 0 Å². The zero-order valence-electron chi connectivity index (χ0n) is 16.9. The van der Waals surface area contributed by atoms with Gasteiger partial charge < -0.3 is 9.64 Å². The van der Waals surface area contributed by atoms with E-state index in [1.807, 2.05) is 19.1 Å². The number of rotatable bonds is 5. The Balaban J connectivity index is 1.58. The van der Waals surface area contributed by atoms with Gasteiger partial charge in [0.05, 0.1) is 41.3 Å². The lowest BCUT2D eigenvalue weighted by atomic mass is 9.99. The largest absolute Gasteiger partial charge is 0.472 e. The molecule has 0 N–H and O–H groups in total. The van der Waals surface area contributed by atoms with Crippen LogP contribution in [0.2, 0.25) is 0 Å². The van der Waals surface area contributed by atoms with Crippen molar-refractivity contribution in [1.82, 2.24) is 24.9 Å². The van der Waals surface area contributed by atoms with Gasteiger partial charge in [-0.05, 0) is 38.0 Å². The van der Waals surface area contributed by atoms with Gasteiger partial charge in [0.2, 0.25) is 5.88 Å². The molecule has 4 rings (SSSR count). The van der Waals surface area contributed by atoms with Gasteiger partial charge in [0, 0.05) is 12.2 Å². The number of hydrogen-bond acceptors (Lipinski definition) is 7. The number of aromatic nitrogens is 4. The van der Waals surface area contributed by atoms with Crippen molar-refractivity contribution in [1.29, 1.82) is 5.26 Å². The Hall–Kier alpha value is -4.06. The van der Waals surface area contributed by atoms with Crippen LogP contribution in [0.5, 0.6) is 5.88 Å². The molecule has 2 atom stereocenters. The topological polar surface area (TPSA) is 114 Å². The number of hydrogen-bond donors (Lipinski definition) is 0. The molecule has 31 heavy (non-hydrogen) atoms. The molecule has 0 unspecified atom stereocenters. The fraction of sp³-hybridized carbons (Fsp3) is 0.273. The Labute approximate surface area is 178 Å². The van der Waals surface area contributed by atoms with E-state index in [4.69, 9.17) is 4.74 Å². The highest BCUT2D eigenvalue weighted by molar-refractivity contribution is 5.98. The Kier molecular flexibility index (Phi) is 5.71. The van der Waals surface area contributed by atoms with Crippen molar-refractivity contribution in [3.8, 4) is 17.6 Å². The van der Waals surface area contributed by atoms with E-state index in [9.17, 15) is 14.9 Å². The van der Waals surface area contributed by atoms with Crippen molar-refractivity contribution in [3.05, 3.63) is 65.6 Å². The van der Waals surface area contributed by atoms with E-state index < -0.39 is 0 Å². The second-order valence-corrected chi connectivity index (χ2v) is 7.27. The van der Waals surface area contributed by atoms with Crippen LogP contribution in [-0.2, 0) is 0 Å². The summed E-state index contributed by atoms with van der Waals surface area (Å²) in [6.07, 6.45) is 6.20. The predicted octanol–water partition coefficient (Wildman–Crippen LogP) is 2.42. The van der Waals surface area contributed by atoms with Crippen LogP contribution in [0.1, 0.15) is 46.0 Å². The molecule has 1 aromatic carbocycles. The Morgan fingerprint density at radius 2 is 1.97 bits per heavy atom. The lowest BCUT2D eigenvalue weighted by Gasteiger charge is -2.38. The molecule has 0 saturated carbocycles. The number of ether oxygens (including phenoxy) is 1. The fourth-order valence-electron chi connectivity index (χ4n) is 3.69. The molecule has 3 heterocycles. The number of piperidine rings is 1. The zero-order chi connectivity index (χ0) is 21.8. The SMILES string of the molecule is C[C@@H]1CC[C@@H](Oc2nccc(C#N)c2C=O)CN1C(=O)c1ccccc1-n1nccn1. The van der Waals surface area contributed by atoms with Crippen LogP contribution in [0.15, 0.2) is 48.9 Å². The van der Waals surface area contributed by atoms with E-state index in [1.165, 1.54) is 17.1 Å². The van der Waals surface area contributed by atoms with Crippen molar-refractivity contribution < 1.29 is 14.3 Å². The first-order valence-electron chi connectivity index (χ1n) is 9.90. The quantitative estimate of drug-likeness (QED) is 0.587. The number of nitrogens with zero attached hydrogens (tertiary/aromatic N) is 6. The highest BCUT2D eigenvalue weighted by Crippen LogP contribution is 2.26. The van der Waals surface area contributed by atoms with Crippen LogP contribution in [-0.4, -0.2) is 55.8 Å². The average Bonchev–Trinajstić information content (AvgIpc) is 3.34. The van der Waals surface area contributed by atoms with Gasteiger partial charge in [-0.3, -0.25) is 9.59 Å². The molecule has 3 aromatic rings. The summed E-state index contributed by atoms with van der Waals surface area (Å²) in [6, 6.07) is 10.6. The number of nitriles is 1. The molecule has 0 bridgehead atoms. The molecule has 1 aliphatic rings. The minimum atomic E-state index is -0.352. The first kappa shape index (κ1) is 20.2. The minimum Gasteiger partial charge on any atom is -0.472 e. The van der Waals surface area contributed by atoms with Crippen molar-refractivity contribution in [2.45, 2.75) is 31.9 Å². The predicted molar refractivity (Wildman–Crippen MR) is 110 cm³/mol. The number of pyridine rings is 1. The van der Waals surface area contributed by atoms with Crippen LogP contribution in [0.4, 0.5) is 0 Å². The molecule has 2 aromatic heterocycles. The van der Waals surface area contributed by atoms with E-state index in [1.54, 1.807) is 35.5 Å². The van der Waals surface area contributed by atoms with E-state index in [-0.39, 0.29) is 35.1 Å². The molecule has 1 saturated heterocycles. The Morgan fingerprint density at radius 1 is 1.19 bits per heavy atom. The summed E-state index contributed by atoms with van der Waals surface area (Å²) in [7, 11) is 0. The molecule has 0 radical (unpaired) electrons. The maximum atomic E-state index is 13.4. The van der Waals surface area contributed by atoms with Crippen LogP contribution < -0.4 is 4.74 Å². The number of aldehydes is 1. The van der Waals surface area contributed by atoms with Crippen LogP contribution >= 0.6 is 0 Å². The monoisotopic (exact) mass is 416 g/mol. The third-order valence-corrected chi connectivity index (χ3v) is 5.34. The van der Waals surface area contributed by atoms with Gasteiger partial charge in [0.1, 0.15) is 12.2 Å². The van der Waals surface area contributed by atoms with Crippen molar-refractivity contribution >= 4 is 12.2 Å². The van der Waals surface area contributed by atoms with Crippen molar-refractivity contribution in [2.24, 2.45) is 0 Å². The van der Waals surface area contributed by atoms with Gasteiger partial charge in [0.15, 0.2) is 6.29 Å². The second-order valence-electron chi connectivity index (χ2n) is 7.27. The molecule has 9 nitrogen and oxygen atoms in total. The summed E-state index contributed by atoms with van der Waals surface area (Å²) in [5.41, 5.74) is 1.41. The fourth-order valence-corrected chi connectivity index (χ4v) is 3.69. The zero-order valence-corrected chi connectivity index (χ0v) is 16.9. The highest BCUT2D eigenvalue weighted by atomic mass is 16.5. The van der Waals surface area contributed by atoms with E-state index in [0.29, 0.717) is 30.5 Å².